The number of aliphatic hydroxyl groups is 1. The molecule has 0 bridgehead atoms. The molecule has 0 aliphatic heterocycles. The minimum Gasteiger partial charge on any atom is -0.395 e. The largest absolute Gasteiger partial charge is 0.395 e. The number of fused-ring (bicyclic) bond motifs is 1. The molecule has 3 rings (SSSR count). The van der Waals surface area contributed by atoms with Crippen LogP contribution in [0.4, 0.5) is 5.82 Å². The molecule has 17 heavy (non-hydrogen) atoms. The van der Waals surface area contributed by atoms with Crippen molar-refractivity contribution < 1.29 is 5.11 Å². The maximum atomic E-state index is 9.19. The lowest BCUT2D eigenvalue weighted by atomic mass is 9.91. The Bertz CT molecular complexity index is 401. The van der Waals surface area contributed by atoms with E-state index < -0.39 is 0 Å². The van der Waals surface area contributed by atoms with Gasteiger partial charge >= 0.3 is 0 Å². The highest BCUT2D eigenvalue weighted by Crippen LogP contribution is 2.30. The molecular formula is C14H20N2O. The molecule has 92 valence electrons. The van der Waals surface area contributed by atoms with Crippen LogP contribution < -0.4 is 4.90 Å². The van der Waals surface area contributed by atoms with E-state index in [1.165, 1.54) is 43.4 Å². The predicted octanol–water partition coefficient (Wildman–Crippen LogP) is 1.92. The van der Waals surface area contributed by atoms with E-state index in [1.54, 1.807) is 0 Å². The average molecular weight is 232 g/mol. The Morgan fingerprint density at radius 1 is 1.24 bits per heavy atom. The second kappa shape index (κ2) is 4.65. The van der Waals surface area contributed by atoms with Gasteiger partial charge in [-0.2, -0.15) is 0 Å². The quantitative estimate of drug-likeness (QED) is 0.861. The lowest BCUT2D eigenvalue weighted by Crippen LogP contribution is -2.42. The van der Waals surface area contributed by atoms with Crippen LogP contribution in [0, 0.1) is 0 Å². The molecular weight excluding hydrogens is 212 g/mol. The van der Waals surface area contributed by atoms with Crippen molar-refractivity contribution >= 4 is 5.82 Å². The van der Waals surface area contributed by atoms with Crippen LogP contribution in [0.5, 0.6) is 0 Å². The van der Waals surface area contributed by atoms with Gasteiger partial charge in [-0.15, -0.1) is 0 Å². The molecule has 1 saturated carbocycles. The van der Waals surface area contributed by atoms with Gasteiger partial charge in [0.2, 0.25) is 0 Å². The summed E-state index contributed by atoms with van der Waals surface area (Å²) < 4.78 is 0. The Balaban J connectivity index is 1.84. The van der Waals surface area contributed by atoms with Gasteiger partial charge in [0, 0.05) is 18.3 Å². The van der Waals surface area contributed by atoms with Crippen molar-refractivity contribution in [3.8, 4) is 0 Å². The Hall–Kier alpha value is -1.09. The van der Waals surface area contributed by atoms with E-state index in [0.29, 0.717) is 6.04 Å². The van der Waals surface area contributed by atoms with E-state index in [1.807, 2.05) is 0 Å². The molecule has 1 fully saturated rings. The fraction of sp³-hybridized carbons (Fsp3) is 0.643. The van der Waals surface area contributed by atoms with E-state index in [4.69, 9.17) is 4.98 Å². The van der Waals surface area contributed by atoms with Crippen molar-refractivity contribution in [2.45, 2.75) is 44.6 Å². The summed E-state index contributed by atoms with van der Waals surface area (Å²) >= 11 is 0. The molecule has 3 nitrogen and oxygen atoms in total. The van der Waals surface area contributed by atoms with Crippen molar-refractivity contribution in [1.82, 2.24) is 4.98 Å². The number of aromatic nitrogens is 1. The molecule has 0 unspecified atom stereocenters. The maximum absolute atomic E-state index is 9.19. The number of aryl methyl sites for hydroxylation is 2. The van der Waals surface area contributed by atoms with Crippen LogP contribution >= 0.6 is 0 Å². The van der Waals surface area contributed by atoms with Crippen LogP contribution in [-0.2, 0) is 12.8 Å². The third-order valence-electron chi connectivity index (χ3n) is 4.06. The molecule has 0 amide bonds. The van der Waals surface area contributed by atoms with E-state index in [9.17, 15) is 5.11 Å². The van der Waals surface area contributed by atoms with E-state index >= 15 is 0 Å². The van der Waals surface area contributed by atoms with E-state index in [2.05, 4.69) is 17.0 Å². The van der Waals surface area contributed by atoms with Crippen molar-refractivity contribution in [3.63, 3.8) is 0 Å². The van der Waals surface area contributed by atoms with Gasteiger partial charge in [-0.25, -0.2) is 4.98 Å². The Morgan fingerprint density at radius 2 is 2.12 bits per heavy atom. The maximum Gasteiger partial charge on any atom is 0.129 e. The number of anilines is 1. The predicted molar refractivity (Wildman–Crippen MR) is 68.3 cm³/mol. The van der Waals surface area contributed by atoms with Gasteiger partial charge in [-0.3, -0.25) is 0 Å². The Kier molecular flexibility index (Phi) is 3.02. The highest BCUT2D eigenvalue weighted by atomic mass is 16.3. The van der Waals surface area contributed by atoms with Crippen molar-refractivity contribution in [2.75, 3.05) is 18.1 Å². The van der Waals surface area contributed by atoms with E-state index in [-0.39, 0.29) is 6.61 Å². The number of pyridine rings is 1. The molecule has 1 aromatic heterocycles. The smallest absolute Gasteiger partial charge is 0.129 e. The molecule has 0 aromatic carbocycles. The zero-order chi connectivity index (χ0) is 11.7. The summed E-state index contributed by atoms with van der Waals surface area (Å²) in [6.45, 7) is 0.936. The van der Waals surface area contributed by atoms with Gasteiger partial charge in [-0.05, 0) is 50.2 Å². The highest BCUT2D eigenvalue weighted by molar-refractivity contribution is 5.44. The summed E-state index contributed by atoms with van der Waals surface area (Å²) in [4.78, 5) is 7.08. The molecule has 0 saturated heterocycles. The summed E-state index contributed by atoms with van der Waals surface area (Å²) in [5.41, 5.74) is 2.70. The molecule has 2 aliphatic rings. The first-order chi connectivity index (χ1) is 8.38. The average Bonchev–Trinajstić information content (AvgIpc) is 2.72. The first kappa shape index (κ1) is 11.0. The normalized spacial score (nSPS) is 18.9. The first-order valence-electron chi connectivity index (χ1n) is 6.75. The summed E-state index contributed by atoms with van der Waals surface area (Å²) in [7, 11) is 0. The number of aliphatic hydroxyl groups excluding tert-OH is 1. The molecule has 2 aliphatic carbocycles. The number of hydrogen-bond acceptors (Lipinski definition) is 3. The molecule has 0 radical (unpaired) electrons. The van der Waals surface area contributed by atoms with Crippen LogP contribution in [0.15, 0.2) is 12.1 Å². The van der Waals surface area contributed by atoms with Crippen LogP contribution in [0.25, 0.3) is 0 Å². The first-order valence-corrected chi connectivity index (χ1v) is 6.75. The minimum atomic E-state index is 0.218. The molecule has 0 atom stereocenters. The zero-order valence-corrected chi connectivity index (χ0v) is 10.2. The highest BCUT2D eigenvalue weighted by Gasteiger charge is 2.26. The van der Waals surface area contributed by atoms with Gasteiger partial charge in [0.15, 0.2) is 0 Å². The monoisotopic (exact) mass is 232 g/mol. The SMILES string of the molecule is OCCN(c1ccc2c(n1)CCC2)C1CCC1. The minimum absolute atomic E-state index is 0.218. The van der Waals surface area contributed by atoms with Crippen molar-refractivity contribution in [3.05, 3.63) is 23.4 Å². The Labute approximate surface area is 102 Å². The van der Waals surface area contributed by atoms with Crippen LogP contribution in [0.1, 0.15) is 36.9 Å². The number of nitrogens with zero attached hydrogens (tertiary/aromatic N) is 2. The topological polar surface area (TPSA) is 36.4 Å². The fourth-order valence-electron chi connectivity index (χ4n) is 2.86. The summed E-state index contributed by atoms with van der Waals surface area (Å²) in [5.74, 6) is 1.07. The summed E-state index contributed by atoms with van der Waals surface area (Å²) in [5, 5.41) is 9.19. The van der Waals surface area contributed by atoms with Gasteiger partial charge in [0.1, 0.15) is 5.82 Å². The second-order valence-corrected chi connectivity index (χ2v) is 5.13. The van der Waals surface area contributed by atoms with Gasteiger partial charge in [-0.1, -0.05) is 6.07 Å². The lowest BCUT2D eigenvalue weighted by molar-refractivity contribution is 0.283. The van der Waals surface area contributed by atoms with E-state index in [0.717, 1.165) is 18.8 Å². The summed E-state index contributed by atoms with van der Waals surface area (Å²) in [6.07, 6.45) is 7.37. The van der Waals surface area contributed by atoms with Crippen molar-refractivity contribution in [2.24, 2.45) is 0 Å². The standard InChI is InChI=1S/C14H20N2O/c17-10-9-16(12-4-2-5-12)14-8-7-11-3-1-6-13(11)15-14/h7-8,12,17H,1-6,9-10H2. The molecule has 3 heteroatoms. The molecule has 1 N–H and O–H groups in total. The van der Waals surface area contributed by atoms with Crippen LogP contribution in [0.2, 0.25) is 0 Å². The van der Waals surface area contributed by atoms with Crippen LogP contribution in [-0.4, -0.2) is 29.3 Å². The van der Waals surface area contributed by atoms with Gasteiger partial charge in [0.05, 0.1) is 6.61 Å². The van der Waals surface area contributed by atoms with Gasteiger partial charge in [0.25, 0.3) is 0 Å². The Morgan fingerprint density at radius 3 is 2.82 bits per heavy atom. The third-order valence-corrected chi connectivity index (χ3v) is 4.06. The number of hydrogen-bond donors (Lipinski definition) is 1. The summed E-state index contributed by atoms with van der Waals surface area (Å²) in [6, 6.07) is 4.97. The van der Waals surface area contributed by atoms with Crippen LogP contribution in [0.3, 0.4) is 0 Å². The third kappa shape index (κ3) is 2.04. The van der Waals surface area contributed by atoms with Gasteiger partial charge < -0.3 is 10.0 Å². The molecule has 1 aromatic rings. The van der Waals surface area contributed by atoms with Crippen molar-refractivity contribution in [1.29, 1.82) is 0 Å². The lowest BCUT2D eigenvalue weighted by Gasteiger charge is -2.38. The molecule has 1 heterocycles. The zero-order valence-electron chi connectivity index (χ0n) is 10.2. The molecule has 0 spiro atoms. The fourth-order valence-corrected chi connectivity index (χ4v) is 2.86. The number of rotatable bonds is 4. The second-order valence-electron chi connectivity index (χ2n) is 5.13.